The molecule has 1 heterocycles. The summed E-state index contributed by atoms with van der Waals surface area (Å²) in [6.07, 6.45) is 0. The molecule has 0 spiro atoms. The second-order valence-electron chi connectivity index (χ2n) is 5.15. The number of nitrogens with two attached hydrogens (primary N) is 1. The number of hydrogen-bond acceptors (Lipinski definition) is 6. The van der Waals surface area contributed by atoms with E-state index < -0.39 is 10.0 Å². The van der Waals surface area contributed by atoms with E-state index in [-0.39, 0.29) is 16.7 Å². The van der Waals surface area contributed by atoms with Crippen molar-refractivity contribution in [2.45, 2.75) is 10.8 Å². The average molecular weight is 399 g/mol. The first-order valence-electron chi connectivity index (χ1n) is 7.74. The molecule has 0 aliphatic heterocycles. The van der Waals surface area contributed by atoms with Crippen LogP contribution in [0, 0.1) is 0 Å². The number of methoxy groups -OCH3 is 2. The van der Waals surface area contributed by atoms with Crippen molar-refractivity contribution in [3.63, 3.8) is 0 Å². The molecule has 2 aromatic rings. The summed E-state index contributed by atoms with van der Waals surface area (Å²) in [4.78, 5) is 4.22. The summed E-state index contributed by atoms with van der Waals surface area (Å²) in [6.45, 7) is 0.888. The van der Waals surface area contributed by atoms with Crippen LogP contribution in [0.1, 0.15) is 5.56 Å². The lowest BCUT2D eigenvalue weighted by Crippen LogP contribution is -2.38. The Hall–Kier alpha value is -2.30. The smallest absolute Gasteiger partial charge is 0.250 e. The van der Waals surface area contributed by atoms with Gasteiger partial charge in [-0.15, -0.1) is 11.3 Å². The number of nitrogens with zero attached hydrogens (tertiary/aromatic N) is 1. The van der Waals surface area contributed by atoms with Crippen molar-refractivity contribution in [1.29, 1.82) is 0 Å². The highest BCUT2D eigenvalue weighted by Gasteiger charge is 2.13. The van der Waals surface area contributed by atoms with E-state index in [4.69, 9.17) is 15.2 Å². The molecule has 0 unspecified atom stereocenters. The van der Waals surface area contributed by atoms with Gasteiger partial charge in [-0.1, -0.05) is 12.1 Å². The molecule has 0 saturated carbocycles. The fourth-order valence-corrected chi connectivity index (χ4v) is 4.14. The van der Waals surface area contributed by atoms with E-state index in [0.717, 1.165) is 5.56 Å². The van der Waals surface area contributed by atoms with Gasteiger partial charge in [-0.2, -0.15) is 0 Å². The van der Waals surface area contributed by atoms with Crippen molar-refractivity contribution in [2.75, 3.05) is 27.3 Å². The van der Waals surface area contributed by atoms with Gasteiger partial charge in [0.1, 0.15) is 4.21 Å². The van der Waals surface area contributed by atoms with Crippen LogP contribution in [-0.4, -0.2) is 41.7 Å². The zero-order valence-electron chi connectivity index (χ0n) is 14.6. The minimum atomic E-state index is -3.46. The number of rotatable bonds is 9. The Balaban J connectivity index is 1.80. The van der Waals surface area contributed by atoms with E-state index in [1.165, 1.54) is 11.3 Å². The Morgan fingerprint density at radius 2 is 1.96 bits per heavy atom. The van der Waals surface area contributed by atoms with Crippen LogP contribution in [0.4, 0.5) is 0 Å². The first kappa shape index (κ1) is 20.0. The van der Waals surface area contributed by atoms with Crippen LogP contribution in [0.15, 0.2) is 44.9 Å². The third kappa shape index (κ3) is 5.61. The van der Waals surface area contributed by atoms with Gasteiger partial charge in [0.15, 0.2) is 17.5 Å². The molecule has 8 nitrogen and oxygen atoms in total. The van der Waals surface area contributed by atoms with Crippen molar-refractivity contribution in [3.8, 4) is 11.5 Å². The molecule has 0 aliphatic rings. The molecule has 142 valence electrons. The van der Waals surface area contributed by atoms with Crippen LogP contribution in [0.25, 0.3) is 0 Å². The number of sulfonamides is 1. The fourth-order valence-electron chi connectivity index (χ4n) is 2.07. The average Bonchev–Trinajstić information content (AvgIpc) is 3.19. The third-order valence-electron chi connectivity index (χ3n) is 3.36. The molecule has 10 heteroatoms. The number of aliphatic imine (C=N–C) groups is 1. The van der Waals surface area contributed by atoms with E-state index in [9.17, 15) is 8.42 Å². The van der Waals surface area contributed by atoms with Crippen molar-refractivity contribution in [3.05, 3.63) is 41.3 Å². The van der Waals surface area contributed by atoms with Gasteiger partial charge in [-0.3, -0.25) is 0 Å². The standard InChI is InChI=1S/C16H22N4O4S2/c1-23-13-6-5-12(10-14(13)24-2)11-19-16(17)18-7-8-20-26(21,22)15-4-3-9-25-15/h3-6,9-10,20H,7-8,11H2,1-2H3,(H3,17,18,19). The monoisotopic (exact) mass is 398 g/mol. The predicted molar refractivity (Wildman–Crippen MR) is 102 cm³/mol. The number of guanidine groups is 1. The molecule has 0 aliphatic carbocycles. The van der Waals surface area contributed by atoms with Gasteiger partial charge in [0.05, 0.1) is 20.8 Å². The largest absolute Gasteiger partial charge is 0.493 e. The number of nitrogens with one attached hydrogen (secondary N) is 2. The minimum Gasteiger partial charge on any atom is -0.493 e. The highest BCUT2D eigenvalue weighted by Crippen LogP contribution is 2.27. The van der Waals surface area contributed by atoms with Gasteiger partial charge < -0.3 is 20.5 Å². The zero-order chi connectivity index (χ0) is 19.0. The van der Waals surface area contributed by atoms with Crippen LogP contribution >= 0.6 is 11.3 Å². The van der Waals surface area contributed by atoms with Crippen LogP contribution in [-0.2, 0) is 16.6 Å². The van der Waals surface area contributed by atoms with Gasteiger partial charge in [0.25, 0.3) is 0 Å². The maximum atomic E-state index is 11.9. The Morgan fingerprint density at radius 3 is 2.62 bits per heavy atom. The summed E-state index contributed by atoms with van der Waals surface area (Å²) in [5.74, 6) is 1.49. The molecule has 26 heavy (non-hydrogen) atoms. The maximum Gasteiger partial charge on any atom is 0.250 e. The lowest BCUT2D eigenvalue weighted by molar-refractivity contribution is 0.354. The van der Waals surface area contributed by atoms with Crippen LogP contribution in [0.3, 0.4) is 0 Å². The fraction of sp³-hybridized carbons (Fsp3) is 0.312. The molecule has 1 aromatic heterocycles. The first-order valence-corrected chi connectivity index (χ1v) is 10.1. The molecule has 0 amide bonds. The molecule has 0 radical (unpaired) electrons. The second-order valence-corrected chi connectivity index (χ2v) is 8.09. The topological polar surface area (TPSA) is 115 Å². The molecule has 1 aromatic carbocycles. The normalized spacial score (nSPS) is 12.0. The third-order valence-corrected chi connectivity index (χ3v) is 6.22. The van der Waals surface area contributed by atoms with E-state index in [1.807, 2.05) is 12.1 Å². The Bertz CT molecular complexity index is 836. The molecular formula is C16H22N4O4S2. The summed E-state index contributed by atoms with van der Waals surface area (Å²) < 4.78 is 37.1. The minimum absolute atomic E-state index is 0.201. The number of thiophene rings is 1. The summed E-state index contributed by atoms with van der Waals surface area (Å²) in [5, 5.41) is 4.58. The molecule has 0 atom stereocenters. The summed E-state index contributed by atoms with van der Waals surface area (Å²) in [7, 11) is -0.321. The van der Waals surface area contributed by atoms with Gasteiger partial charge in [0, 0.05) is 13.1 Å². The van der Waals surface area contributed by atoms with E-state index in [1.54, 1.807) is 37.8 Å². The number of ether oxygens (including phenoxy) is 2. The summed E-state index contributed by atoms with van der Waals surface area (Å²) >= 11 is 1.17. The number of hydrogen-bond donors (Lipinski definition) is 3. The molecule has 2 rings (SSSR count). The molecule has 0 bridgehead atoms. The summed E-state index contributed by atoms with van der Waals surface area (Å²) in [5.41, 5.74) is 6.71. The van der Waals surface area contributed by atoms with Gasteiger partial charge in [-0.25, -0.2) is 18.1 Å². The van der Waals surface area contributed by atoms with Crippen molar-refractivity contribution in [2.24, 2.45) is 10.7 Å². The van der Waals surface area contributed by atoms with Crippen molar-refractivity contribution < 1.29 is 17.9 Å². The Kier molecular flexibility index (Phi) is 7.25. The van der Waals surface area contributed by atoms with Gasteiger partial charge in [0.2, 0.25) is 10.0 Å². The molecular weight excluding hydrogens is 376 g/mol. The lowest BCUT2D eigenvalue weighted by atomic mass is 10.2. The van der Waals surface area contributed by atoms with Crippen LogP contribution in [0.5, 0.6) is 11.5 Å². The van der Waals surface area contributed by atoms with E-state index >= 15 is 0 Å². The zero-order valence-corrected chi connectivity index (χ0v) is 16.2. The van der Waals surface area contributed by atoms with Crippen LogP contribution in [0.2, 0.25) is 0 Å². The lowest BCUT2D eigenvalue weighted by Gasteiger charge is -2.09. The molecule has 0 fully saturated rings. The van der Waals surface area contributed by atoms with E-state index in [2.05, 4.69) is 15.0 Å². The maximum absolute atomic E-state index is 11.9. The van der Waals surface area contributed by atoms with Crippen molar-refractivity contribution >= 4 is 27.3 Å². The summed E-state index contributed by atoms with van der Waals surface area (Å²) in [6, 6.07) is 8.74. The molecule has 0 saturated heterocycles. The van der Waals surface area contributed by atoms with Crippen molar-refractivity contribution in [1.82, 2.24) is 10.0 Å². The van der Waals surface area contributed by atoms with E-state index in [0.29, 0.717) is 24.6 Å². The van der Waals surface area contributed by atoms with Crippen LogP contribution < -0.4 is 25.2 Å². The quantitative estimate of drug-likeness (QED) is 0.332. The van der Waals surface area contributed by atoms with Gasteiger partial charge in [-0.05, 0) is 29.1 Å². The second kappa shape index (κ2) is 9.41. The highest BCUT2D eigenvalue weighted by molar-refractivity contribution is 7.91. The Labute approximate surface area is 157 Å². The predicted octanol–water partition coefficient (Wildman–Crippen LogP) is 1.15. The van der Waals surface area contributed by atoms with Gasteiger partial charge >= 0.3 is 0 Å². The SMILES string of the molecule is COc1ccc(CN=C(N)NCCNS(=O)(=O)c2cccs2)cc1OC. The first-order chi connectivity index (χ1) is 12.5. The molecule has 4 N–H and O–H groups in total. The Morgan fingerprint density at radius 1 is 1.19 bits per heavy atom. The number of benzene rings is 1. The highest BCUT2D eigenvalue weighted by atomic mass is 32.2.